The van der Waals surface area contributed by atoms with Crippen LogP contribution < -0.4 is 10.5 Å². The van der Waals surface area contributed by atoms with Crippen molar-refractivity contribution >= 4 is 16.9 Å². The van der Waals surface area contributed by atoms with Gasteiger partial charge in [-0.05, 0) is 19.1 Å². The normalized spacial score (nSPS) is 12.3. The van der Waals surface area contributed by atoms with Crippen molar-refractivity contribution < 1.29 is 14.6 Å². The number of aryl methyl sites for hydroxylation is 1. The van der Waals surface area contributed by atoms with Crippen molar-refractivity contribution in [2.45, 2.75) is 19.4 Å². The highest BCUT2D eigenvalue weighted by molar-refractivity contribution is 5.84. The van der Waals surface area contributed by atoms with Crippen molar-refractivity contribution in [3.8, 4) is 5.75 Å². The first-order valence-corrected chi connectivity index (χ1v) is 6.05. The lowest BCUT2D eigenvalue weighted by Crippen LogP contribution is -2.31. The standard InChI is InChI=1S/C14H16N2O3/c1-9-5-6-10-3-2-4-12(13(10)16-9)19-8-7-11(15)14(17)18/h2-6,11H,7-8,15H2,1H3,(H,17,18). The average Bonchev–Trinajstić information content (AvgIpc) is 2.39. The lowest BCUT2D eigenvalue weighted by atomic mass is 10.2. The minimum atomic E-state index is -1.02. The fraction of sp³-hybridized carbons (Fsp3) is 0.286. The molecule has 19 heavy (non-hydrogen) atoms. The second kappa shape index (κ2) is 5.67. The second-order valence-corrected chi connectivity index (χ2v) is 4.36. The Labute approximate surface area is 111 Å². The maximum absolute atomic E-state index is 10.6. The lowest BCUT2D eigenvalue weighted by molar-refractivity contribution is -0.138. The number of nitrogens with two attached hydrogens (primary N) is 1. The van der Waals surface area contributed by atoms with Crippen molar-refractivity contribution in [3.63, 3.8) is 0 Å². The Bertz CT molecular complexity index is 598. The number of ether oxygens (including phenoxy) is 1. The minimum Gasteiger partial charge on any atom is -0.491 e. The summed E-state index contributed by atoms with van der Waals surface area (Å²) in [7, 11) is 0. The van der Waals surface area contributed by atoms with E-state index in [4.69, 9.17) is 15.6 Å². The van der Waals surface area contributed by atoms with Crippen LogP contribution >= 0.6 is 0 Å². The molecule has 1 aromatic carbocycles. The van der Waals surface area contributed by atoms with E-state index in [1.807, 2.05) is 37.3 Å². The maximum Gasteiger partial charge on any atom is 0.320 e. The van der Waals surface area contributed by atoms with Crippen molar-refractivity contribution in [1.82, 2.24) is 4.98 Å². The zero-order chi connectivity index (χ0) is 13.8. The minimum absolute atomic E-state index is 0.252. The topological polar surface area (TPSA) is 85.4 Å². The Kier molecular flexibility index (Phi) is 3.97. The van der Waals surface area contributed by atoms with Crippen LogP contribution in [0.4, 0.5) is 0 Å². The van der Waals surface area contributed by atoms with Crippen LogP contribution in [0.25, 0.3) is 10.9 Å². The number of carbonyl (C=O) groups is 1. The number of rotatable bonds is 5. The third kappa shape index (κ3) is 3.20. The number of carboxylic acids is 1. The largest absolute Gasteiger partial charge is 0.491 e. The average molecular weight is 260 g/mol. The van der Waals surface area contributed by atoms with Gasteiger partial charge in [0.15, 0.2) is 0 Å². The molecular formula is C14H16N2O3. The molecule has 0 aliphatic carbocycles. The van der Waals surface area contributed by atoms with Gasteiger partial charge < -0.3 is 15.6 Å². The molecule has 1 atom stereocenters. The molecule has 5 heteroatoms. The van der Waals surface area contributed by atoms with E-state index in [1.54, 1.807) is 0 Å². The Balaban J connectivity index is 2.12. The molecule has 2 aromatic rings. The summed E-state index contributed by atoms with van der Waals surface area (Å²) in [5.74, 6) is -0.366. The van der Waals surface area contributed by atoms with Gasteiger partial charge in [0.1, 0.15) is 17.3 Å². The highest BCUT2D eigenvalue weighted by Crippen LogP contribution is 2.23. The zero-order valence-electron chi connectivity index (χ0n) is 10.7. The second-order valence-electron chi connectivity index (χ2n) is 4.36. The number of para-hydroxylation sites is 1. The first-order chi connectivity index (χ1) is 9.08. The van der Waals surface area contributed by atoms with Crippen LogP contribution in [0.1, 0.15) is 12.1 Å². The molecule has 0 aliphatic rings. The summed E-state index contributed by atoms with van der Waals surface area (Å²) < 4.78 is 5.59. The maximum atomic E-state index is 10.6. The SMILES string of the molecule is Cc1ccc2cccc(OCCC(N)C(=O)O)c2n1. The molecule has 2 rings (SSSR count). The number of carboxylic acid groups (broad SMARTS) is 1. The number of aliphatic carboxylic acids is 1. The molecule has 0 bridgehead atoms. The van der Waals surface area contributed by atoms with E-state index < -0.39 is 12.0 Å². The predicted octanol–water partition coefficient (Wildman–Crippen LogP) is 1.72. The van der Waals surface area contributed by atoms with Crippen molar-refractivity contribution in [1.29, 1.82) is 0 Å². The number of aromatic nitrogens is 1. The number of nitrogens with zero attached hydrogens (tertiary/aromatic N) is 1. The van der Waals surface area contributed by atoms with E-state index in [9.17, 15) is 4.79 Å². The molecule has 0 saturated heterocycles. The first kappa shape index (κ1) is 13.3. The van der Waals surface area contributed by atoms with Gasteiger partial charge >= 0.3 is 5.97 Å². The van der Waals surface area contributed by atoms with E-state index in [1.165, 1.54) is 0 Å². The molecule has 0 amide bonds. The summed E-state index contributed by atoms with van der Waals surface area (Å²) in [4.78, 5) is 15.0. The van der Waals surface area contributed by atoms with E-state index in [-0.39, 0.29) is 13.0 Å². The smallest absolute Gasteiger partial charge is 0.320 e. The van der Waals surface area contributed by atoms with Gasteiger partial charge in [-0.25, -0.2) is 4.98 Å². The quantitative estimate of drug-likeness (QED) is 0.855. The van der Waals surface area contributed by atoms with E-state index >= 15 is 0 Å². The monoisotopic (exact) mass is 260 g/mol. The van der Waals surface area contributed by atoms with E-state index in [2.05, 4.69) is 4.98 Å². The van der Waals surface area contributed by atoms with Crippen LogP contribution in [0, 0.1) is 6.92 Å². The molecule has 0 saturated carbocycles. The van der Waals surface area contributed by atoms with Gasteiger partial charge in [0.25, 0.3) is 0 Å². The van der Waals surface area contributed by atoms with Crippen LogP contribution in [-0.2, 0) is 4.79 Å². The van der Waals surface area contributed by atoms with Crippen molar-refractivity contribution in [2.75, 3.05) is 6.61 Å². The molecular weight excluding hydrogens is 244 g/mol. The summed E-state index contributed by atoms with van der Waals surface area (Å²) in [6, 6.07) is 8.68. The van der Waals surface area contributed by atoms with Crippen LogP contribution in [-0.4, -0.2) is 28.7 Å². The summed E-state index contributed by atoms with van der Waals surface area (Å²) in [5, 5.41) is 9.69. The van der Waals surface area contributed by atoms with Crippen LogP contribution in [0.3, 0.4) is 0 Å². The Morgan fingerprint density at radius 1 is 1.42 bits per heavy atom. The van der Waals surface area contributed by atoms with E-state index in [0.29, 0.717) is 5.75 Å². The molecule has 0 radical (unpaired) electrons. The van der Waals surface area contributed by atoms with Gasteiger partial charge in [0, 0.05) is 17.5 Å². The molecule has 5 nitrogen and oxygen atoms in total. The third-order valence-electron chi connectivity index (χ3n) is 2.83. The van der Waals surface area contributed by atoms with Crippen molar-refractivity contribution in [2.24, 2.45) is 5.73 Å². The molecule has 1 aromatic heterocycles. The molecule has 1 unspecified atom stereocenters. The summed E-state index contributed by atoms with van der Waals surface area (Å²) in [5.41, 5.74) is 7.11. The third-order valence-corrected chi connectivity index (χ3v) is 2.83. The molecule has 0 aliphatic heterocycles. The first-order valence-electron chi connectivity index (χ1n) is 6.05. The molecule has 0 spiro atoms. The number of hydrogen-bond acceptors (Lipinski definition) is 4. The number of fused-ring (bicyclic) bond motifs is 1. The Hall–Kier alpha value is -2.14. The summed E-state index contributed by atoms with van der Waals surface area (Å²) in [6.45, 7) is 2.17. The number of hydrogen-bond donors (Lipinski definition) is 2. The fourth-order valence-electron chi connectivity index (χ4n) is 1.75. The number of pyridine rings is 1. The van der Waals surface area contributed by atoms with Gasteiger partial charge in [0.05, 0.1) is 6.61 Å². The van der Waals surface area contributed by atoms with Crippen LogP contribution in [0.5, 0.6) is 5.75 Å². The zero-order valence-corrected chi connectivity index (χ0v) is 10.7. The highest BCUT2D eigenvalue weighted by atomic mass is 16.5. The molecule has 100 valence electrons. The van der Waals surface area contributed by atoms with Crippen LogP contribution in [0.15, 0.2) is 30.3 Å². The van der Waals surface area contributed by atoms with Crippen LogP contribution in [0.2, 0.25) is 0 Å². The highest BCUT2D eigenvalue weighted by Gasteiger charge is 2.11. The number of benzene rings is 1. The van der Waals surface area contributed by atoms with Crippen molar-refractivity contribution in [3.05, 3.63) is 36.0 Å². The Morgan fingerprint density at radius 2 is 2.21 bits per heavy atom. The summed E-state index contributed by atoms with van der Waals surface area (Å²) in [6.07, 6.45) is 0.261. The van der Waals surface area contributed by atoms with Gasteiger partial charge in [-0.3, -0.25) is 4.79 Å². The molecule has 1 heterocycles. The lowest BCUT2D eigenvalue weighted by Gasteiger charge is -2.10. The predicted molar refractivity (Wildman–Crippen MR) is 72.2 cm³/mol. The van der Waals surface area contributed by atoms with Gasteiger partial charge in [-0.2, -0.15) is 0 Å². The van der Waals surface area contributed by atoms with Gasteiger partial charge in [-0.1, -0.05) is 18.2 Å². The fourth-order valence-corrected chi connectivity index (χ4v) is 1.75. The summed E-state index contributed by atoms with van der Waals surface area (Å²) >= 11 is 0. The molecule has 3 N–H and O–H groups in total. The Morgan fingerprint density at radius 3 is 2.95 bits per heavy atom. The van der Waals surface area contributed by atoms with Gasteiger partial charge in [-0.15, -0.1) is 0 Å². The van der Waals surface area contributed by atoms with E-state index in [0.717, 1.165) is 16.6 Å². The van der Waals surface area contributed by atoms with Gasteiger partial charge in [0.2, 0.25) is 0 Å². The molecule has 0 fully saturated rings.